The van der Waals surface area contributed by atoms with Crippen molar-refractivity contribution in [3.63, 3.8) is 0 Å². The molecule has 1 aliphatic rings. The fourth-order valence-corrected chi connectivity index (χ4v) is 2.87. The highest BCUT2D eigenvalue weighted by Gasteiger charge is 2.28. The summed E-state index contributed by atoms with van der Waals surface area (Å²) in [6.07, 6.45) is 4.75. The number of rotatable bonds is 4. The summed E-state index contributed by atoms with van der Waals surface area (Å²) in [7, 11) is 0. The van der Waals surface area contributed by atoms with Crippen LogP contribution in [-0.2, 0) is 11.2 Å². The number of hydrogen-bond acceptors (Lipinski definition) is 3. The Balaban J connectivity index is 1.67. The van der Waals surface area contributed by atoms with Crippen LogP contribution in [0.4, 0.5) is 0 Å². The van der Waals surface area contributed by atoms with Gasteiger partial charge >= 0.3 is 0 Å². The van der Waals surface area contributed by atoms with E-state index in [9.17, 15) is 9.59 Å². The minimum atomic E-state index is -0.501. The van der Waals surface area contributed by atoms with Gasteiger partial charge in [-0.2, -0.15) is 5.10 Å². The summed E-state index contributed by atoms with van der Waals surface area (Å²) in [5.74, 6) is -0.484. The Hall–Kier alpha value is -2.63. The number of carbonyl (C=O) groups is 2. The minimum absolute atomic E-state index is 0.0170. The summed E-state index contributed by atoms with van der Waals surface area (Å²) in [6.45, 7) is 1.36. The number of aromatic nitrogens is 2. The molecule has 6 nitrogen and oxygen atoms in total. The number of primary amides is 1. The number of hydrogen-bond donors (Lipinski definition) is 1. The van der Waals surface area contributed by atoms with Gasteiger partial charge in [0, 0.05) is 31.0 Å². The van der Waals surface area contributed by atoms with Crippen LogP contribution in [0.2, 0.25) is 0 Å². The molecule has 3 rings (SSSR count). The molecule has 2 N–H and O–H groups in total. The fourth-order valence-electron chi connectivity index (χ4n) is 2.87. The molecule has 2 amide bonds. The lowest BCUT2D eigenvalue weighted by molar-refractivity contribution is -0.129. The van der Waals surface area contributed by atoms with Crippen molar-refractivity contribution in [1.82, 2.24) is 14.7 Å². The SMILES string of the molecule is NC(=O)c1ccccc1CC(=O)N1CCC(n2cccn2)C1. The predicted molar refractivity (Wildman–Crippen MR) is 81.1 cm³/mol. The lowest BCUT2D eigenvalue weighted by Gasteiger charge is -2.17. The van der Waals surface area contributed by atoms with Gasteiger partial charge in [0.05, 0.1) is 12.5 Å². The van der Waals surface area contributed by atoms with Crippen LogP contribution in [0.1, 0.15) is 28.4 Å². The normalized spacial score (nSPS) is 17.6. The van der Waals surface area contributed by atoms with Gasteiger partial charge in [-0.05, 0) is 24.1 Å². The highest BCUT2D eigenvalue weighted by atomic mass is 16.2. The third-order valence-electron chi connectivity index (χ3n) is 4.04. The molecule has 0 saturated carbocycles. The van der Waals surface area contributed by atoms with Gasteiger partial charge in [-0.15, -0.1) is 0 Å². The lowest BCUT2D eigenvalue weighted by atomic mass is 10.0. The smallest absolute Gasteiger partial charge is 0.248 e. The van der Waals surface area contributed by atoms with Gasteiger partial charge in [-0.1, -0.05) is 18.2 Å². The van der Waals surface area contributed by atoms with Crippen LogP contribution in [-0.4, -0.2) is 39.6 Å². The van der Waals surface area contributed by atoms with E-state index in [1.165, 1.54) is 0 Å². The van der Waals surface area contributed by atoms with Gasteiger partial charge in [-0.25, -0.2) is 0 Å². The Kier molecular flexibility index (Phi) is 3.91. The van der Waals surface area contributed by atoms with Gasteiger partial charge in [0.2, 0.25) is 11.8 Å². The van der Waals surface area contributed by atoms with Crippen LogP contribution in [0.25, 0.3) is 0 Å². The molecular weight excluding hydrogens is 280 g/mol. The van der Waals surface area contributed by atoms with Crippen molar-refractivity contribution in [2.24, 2.45) is 5.73 Å². The number of nitrogens with zero attached hydrogens (tertiary/aromatic N) is 3. The zero-order valence-corrected chi connectivity index (χ0v) is 12.2. The first-order valence-electron chi connectivity index (χ1n) is 7.30. The van der Waals surface area contributed by atoms with E-state index in [-0.39, 0.29) is 18.4 Å². The van der Waals surface area contributed by atoms with Crippen molar-refractivity contribution in [2.75, 3.05) is 13.1 Å². The van der Waals surface area contributed by atoms with E-state index in [0.29, 0.717) is 24.2 Å². The zero-order chi connectivity index (χ0) is 15.5. The zero-order valence-electron chi connectivity index (χ0n) is 12.2. The van der Waals surface area contributed by atoms with E-state index >= 15 is 0 Å². The van der Waals surface area contributed by atoms with Crippen molar-refractivity contribution in [2.45, 2.75) is 18.9 Å². The largest absolute Gasteiger partial charge is 0.366 e. The molecule has 6 heteroatoms. The summed E-state index contributed by atoms with van der Waals surface area (Å²) in [6, 6.07) is 9.10. The van der Waals surface area contributed by atoms with Gasteiger partial charge in [0.15, 0.2) is 0 Å². The molecular formula is C16H18N4O2. The van der Waals surface area contributed by atoms with Crippen LogP contribution in [0, 0.1) is 0 Å². The standard InChI is InChI=1S/C16H18N4O2/c17-16(22)14-5-2-1-4-12(14)10-15(21)19-9-6-13(11-19)20-8-3-7-18-20/h1-5,7-8,13H,6,9-11H2,(H2,17,22). The summed E-state index contributed by atoms with van der Waals surface area (Å²) < 4.78 is 1.89. The minimum Gasteiger partial charge on any atom is -0.366 e. The van der Waals surface area contributed by atoms with Gasteiger partial charge < -0.3 is 10.6 Å². The van der Waals surface area contributed by atoms with Crippen LogP contribution in [0.15, 0.2) is 42.7 Å². The molecule has 2 aromatic rings. The van der Waals surface area contributed by atoms with Gasteiger partial charge in [0.25, 0.3) is 0 Å². The maximum absolute atomic E-state index is 12.4. The molecule has 114 valence electrons. The van der Waals surface area contributed by atoms with Crippen LogP contribution >= 0.6 is 0 Å². The maximum atomic E-state index is 12.4. The topological polar surface area (TPSA) is 81.2 Å². The first-order chi connectivity index (χ1) is 10.6. The Morgan fingerprint density at radius 3 is 2.82 bits per heavy atom. The van der Waals surface area contributed by atoms with Crippen LogP contribution in [0.3, 0.4) is 0 Å². The van der Waals surface area contributed by atoms with E-state index in [1.54, 1.807) is 24.4 Å². The summed E-state index contributed by atoms with van der Waals surface area (Å²) in [5, 5.41) is 4.23. The third kappa shape index (κ3) is 2.86. The molecule has 1 saturated heterocycles. The number of likely N-dealkylation sites (tertiary alicyclic amines) is 1. The highest BCUT2D eigenvalue weighted by molar-refractivity contribution is 5.95. The van der Waals surface area contributed by atoms with E-state index in [0.717, 1.165) is 6.42 Å². The summed E-state index contributed by atoms with van der Waals surface area (Å²) in [4.78, 5) is 25.7. The maximum Gasteiger partial charge on any atom is 0.248 e. The number of benzene rings is 1. The van der Waals surface area contributed by atoms with E-state index in [4.69, 9.17) is 5.73 Å². The molecule has 1 aromatic carbocycles. The molecule has 1 unspecified atom stereocenters. The molecule has 0 bridgehead atoms. The van der Waals surface area contributed by atoms with Gasteiger partial charge in [0.1, 0.15) is 0 Å². The third-order valence-corrected chi connectivity index (χ3v) is 4.04. The Morgan fingerprint density at radius 2 is 2.09 bits per heavy atom. The van der Waals surface area contributed by atoms with Crippen molar-refractivity contribution in [3.8, 4) is 0 Å². The second-order valence-electron chi connectivity index (χ2n) is 5.47. The molecule has 1 aliphatic heterocycles. The number of amides is 2. The van der Waals surface area contributed by atoms with Crippen molar-refractivity contribution in [3.05, 3.63) is 53.9 Å². The monoisotopic (exact) mass is 298 g/mol. The average molecular weight is 298 g/mol. The van der Waals surface area contributed by atoms with E-state index < -0.39 is 5.91 Å². The Labute approximate surface area is 128 Å². The number of nitrogens with two attached hydrogens (primary N) is 1. The second kappa shape index (κ2) is 6.01. The summed E-state index contributed by atoms with van der Waals surface area (Å²) in [5.41, 5.74) is 6.45. The highest BCUT2D eigenvalue weighted by Crippen LogP contribution is 2.21. The lowest BCUT2D eigenvalue weighted by Crippen LogP contribution is -2.31. The Morgan fingerprint density at radius 1 is 1.27 bits per heavy atom. The molecule has 1 atom stereocenters. The predicted octanol–water partition coefficient (Wildman–Crippen LogP) is 0.998. The van der Waals surface area contributed by atoms with Gasteiger partial charge in [-0.3, -0.25) is 14.3 Å². The first kappa shape index (κ1) is 14.3. The number of carbonyl (C=O) groups excluding carboxylic acids is 2. The molecule has 22 heavy (non-hydrogen) atoms. The molecule has 1 aromatic heterocycles. The molecule has 1 fully saturated rings. The van der Waals surface area contributed by atoms with Crippen molar-refractivity contribution >= 4 is 11.8 Å². The molecule has 0 aliphatic carbocycles. The van der Waals surface area contributed by atoms with Crippen molar-refractivity contribution in [1.29, 1.82) is 0 Å². The van der Waals surface area contributed by atoms with Crippen LogP contribution in [0.5, 0.6) is 0 Å². The average Bonchev–Trinajstić information content (AvgIpc) is 3.18. The molecule has 0 spiro atoms. The second-order valence-corrected chi connectivity index (χ2v) is 5.47. The summed E-state index contributed by atoms with van der Waals surface area (Å²) >= 11 is 0. The fraction of sp³-hybridized carbons (Fsp3) is 0.312. The Bertz CT molecular complexity index is 681. The van der Waals surface area contributed by atoms with Crippen LogP contribution < -0.4 is 5.73 Å². The molecule has 2 heterocycles. The van der Waals surface area contributed by atoms with E-state index in [2.05, 4.69) is 5.10 Å². The van der Waals surface area contributed by atoms with Crippen molar-refractivity contribution < 1.29 is 9.59 Å². The molecule has 0 radical (unpaired) electrons. The quantitative estimate of drug-likeness (QED) is 0.914. The van der Waals surface area contributed by atoms with E-state index in [1.807, 2.05) is 27.9 Å². The first-order valence-corrected chi connectivity index (χ1v) is 7.30.